The predicted octanol–water partition coefficient (Wildman–Crippen LogP) is 7.57. The molecule has 0 spiro atoms. The lowest BCUT2D eigenvalue weighted by atomic mass is 9.87. The number of fused-ring (bicyclic) bond motifs is 3. The van der Waals surface area contributed by atoms with Gasteiger partial charge in [0.25, 0.3) is 0 Å². The van der Waals surface area contributed by atoms with Gasteiger partial charge in [0, 0.05) is 13.2 Å². The molecule has 4 nitrogen and oxygen atoms in total. The van der Waals surface area contributed by atoms with Crippen LogP contribution in [0, 0.1) is 11.6 Å². The quantitative estimate of drug-likeness (QED) is 0.100. The highest BCUT2D eigenvalue weighted by molar-refractivity contribution is 5.93. The van der Waals surface area contributed by atoms with Gasteiger partial charge < -0.3 is 18.9 Å². The van der Waals surface area contributed by atoms with Crippen LogP contribution < -0.4 is 0 Å². The Kier molecular flexibility index (Phi) is 8.35. The van der Waals surface area contributed by atoms with E-state index in [-0.39, 0.29) is 23.8 Å². The largest absolute Gasteiger partial charge is 0.379 e. The Bertz CT molecular complexity index is 1610. The van der Waals surface area contributed by atoms with Crippen molar-refractivity contribution in [2.45, 2.75) is 44.3 Å². The van der Waals surface area contributed by atoms with Gasteiger partial charge in [-0.25, -0.2) is 8.78 Å². The van der Waals surface area contributed by atoms with Crippen molar-refractivity contribution < 1.29 is 27.7 Å². The van der Waals surface area contributed by atoms with Gasteiger partial charge in [0.15, 0.2) is 0 Å². The van der Waals surface area contributed by atoms with Gasteiger partial charge in [0.2, 0.25) is 0 Å². The normalized spacial score (nSPS) is 18.0. The molecular formula is C37H36F2O4. The number of rotatable bonds is 14. The van der Waals surface area contributed by atoms with E-state index < -0.39 is 0 Å². The van der Waals surface area contributed by atoms with Crippen molar-refractivity contribution in [2.75, 3.05) is 39.6 Å². The maximum atomic E-state index is 15.5. The Morgan fingerprint density at radius 3 is 1.86 bits per heavy atom. The first-order valence-corrected chi connectivity index (χ1v) is 15.3. The van der Waals surface area contributed by atoms with Gasteiger partial charge in [-0.2, -0.15) is 0 Å². The highest BCUT2D eigenvalue weighted by Crippen LogP contribution is 2.46. The second-order valence-corrected chi connectivity index (χ2v) is 11.7. The molecule has 2 unspecified atom stereocenters. The summed E-state index contributed by atoms with van der Waals surface area (Å²) < 4.78 is 52.5. The van der Waals surface area contributed by atoms with E-state index in [0.717, 1.165) is 65.9 Å². The summed E-state index contributed by atoms with van der Waals surface area (Å²) in [6, 6.07) is 23.6. The minimum Gasteiger partial charge on any atom is -0.379 e. The van der Waals surface area contributed by atoms with Crippen LogP contribution in [0.1, 0.15) is 35.1 Å². The van der Waals surface area contributed by atoms with Gasteiger partial charge in [-0.15, -0.1) is 0 Å². The van der Waals surface area contributed by atoms with E-state index in [0.29, 0.717) is 50.4 Å². The second kappa shape index (κ2) is 12.7. The van der Waals surface area contributed by atoms with Gasteiger partial charge in [0.1, 0.15) is 23.8 Å². The standard InChI is InChI=1S/C37H36F2O4/c38-35-18-27(11-9-24(35)6-3-15-40-20-29-22-42-29)32-13-14-33-31-8-2-1-5-26(31)17-34(33)37(32)28-12-10-25(36(39)19-28)7-4-16-41-21-30-23-43-30/h1-2,5,8-14,18-19,29-30H,3-4,6-7,15-17,20-23H2. The number of ether oxygens (including phenoxy) is 4. The Labute approximate surface area is 251 Å². The van der Waals surface area contributed by atoms with Gasteiger partial charge in [0.05, 0.1) is 26.4 Å². The average molecular weight is 583 g/mol. The first kappa shape index (κ1) is 28.4. The van der Waals surface area contributed by atoms with Gasteiger partial charge >= 0.3 is 0 Å². The molecule has 0 amide bonds. The van der Waals surface area contributed by atoms with Crippen LogP contribution in [-0.4, -0.2) is 51.8 Å². The average Bonchev–Trinajstić information content (AvgIpc) is 3.96. The van der Waals surface area contributed by atoms with E-state index in [4.69, 9.17) is 18.9 Å². The van der Waals surface area contributed by atoms with Crippen LogP contribution in [0.4, 0.5) is 8.78 Å². The lowest BCUT2D eigenvalue weighted by molar-refractivity contribution is 0.114. The van der Waals surface area contributed by atoms with Crippen molar-refractivity contribution in [2.24, 2.45) is 0 Å². The fraction of sp³-hybridized carbons (Fsp3) is 0.351. The summed E-state index contributed by atoms with van der Waals surface area (Å²) in [6.07, 6.45) is 3.94. The third-order valence-corrected chi connectivity index (χ3v) is 8.58. The SMILES string of the molecule is Fc1cc(-c2ccc3c(c2-c2ccc(CCCOCC4CO4)c(F)c2)Cc2ccccc2-3)ccc1CCCOCC1CO1. The van der Waals surface area contributed by atoms with Gasteiger partial charge in [-0.3, -0.25) is 0 Å². The molecule has 6 heteroatoms. The smallest absolute Gasteiger partial charge is 0.127 e. The molecule has 1 aliphatic carbocycles. The lowest BCUT2D eigenvalue weighted by Gasteiger charge is -2.17. The molecule has 2 saturated heterocycles. The second-order valence-electron chi connectivity index (χ2n) is 11.7. The maximum Gasteiger partial charge on any atom is 0.127 e. The highest BCUT2D eigenvalue weighted by Gasteiger charge is 2.26. The zero-order valence-electron chi connectivity index (χ0n) is 24.3. The summed E-state index contributed by atoms with van der Waals surface area (Å²) in [7, 11) is 0. The molecule has 7 rings (SSSR count). The Morgan fingerprint density at radius 2 is 1.23 bits per heavy atom. The van der Waals surface area contributed by atoms with E-state index in [2.05, 4.69) is 36.4 Å². The summed E-state index contributed by atoms with van der Waals surface area (Å²) in [5.74, 6) is -0.450. The molecule has 0 radical (unpaired) electrons. The highest BCUT2D eigenvalue weighted by atomic mass is 19.1. The first-order chi connectivity index (χ1) is 21.1. The molecular weight excluding hydrogens is 546 g/mol. The number of epoxide rings is 2. The van der Waals surface area contributed by atoms with Crippen molar-refractivity contribution in [1.29, 1.82) is 0 Å². The molecule has 2 heterocycles. The number of hydrogen-bond donors (Lipinski definition) is 0. The van der Waals surface area contributed by atoms with E-state index in [9.17, 15) is 0 Å². The van der Waals surface area contributed by atoms with Gasteiger partial charge in [-0.1, -0.05) is 60.7 Å². The summed E-state index contributed by atoms with van der Waals surface area (Å²) in [5, 5.41) is 0. The fourth-order valence-corrected chi connectivity index (χ4v) is 6.09. The van der Waals surface area contributed by atoms with Crippen molar-refractivity contribution >= 4 is 0 Å². The number of aryl methyl sites for hydroxylation is 2. The number of benzene rings is 4. The molecule has 4 aromatic rings. The van der Waals surface area contributed by atoms with Crippen LogP contribution in [0.3, 0.4) is 0 Å². The summed E-state index contributed by atoms with van der Waals surface area (Å²) in [5.41, 5.74) is 9.60. The molecule has 222 valence electrons. The van der Waals surface area contributed by atoms with E-state index in [1.54, 1.807) is 12.1 Å². The lowest BCUT2D eigenvalue weighted by Crippen LogP contribution is -2.04. The summed E-state index contributed by atoms with van der Waals surface area (Å²) >= 11 is 0. The molecule has 2 aliphatic heterocycles. The van der Waals surface area contributed by atoms with E-state index in [1.165, 1.54) is 11.1 Å². The Hall–Kier alpha value is -3.42. The number of halogens is 2. The van der Waals surface area contributed by atoms with E-state index >= 15 is 8.78 Å². The molecule has 43 heavy (non-hydrogen) atoms. The minimum atomic E-state index is -0.227. The summed E-state index contributed by atoms with van der Waals surface area (Å²) in [4.78, 5) is 0. The molecule has 0 saturated carbocycles. The topological polar surface area (TPSA) is 43.5 Å². The zero-order valence-corrected chi connectivity index (χ0v) is 24.3. The molecule has 4 aromatic carbocycles. The van der Waals surface area contributed by atoms with Crippen molar-refractivity contribution in [3.8, 4) is 33.4 Å². The van der Waals surface area contributed by atoms with Crippen molar-refractivity contribution in [3.63, 3.8) is 0 Å². The molecule has 0 bridgehead atoms. The maximum absolute atomic E-state index is 15.5. The third-order valence-electron chi connectivity index (χ3n) is 8.58. The number of hydrogen-bond acceptors (Lipinski definition) is 4. The molecule has 3 aliphatic rings. The van der Waals surface area contributed by atoms with Crippen LogP contribution in [0.5, 0.6) is 0 Å². The third kappa shape index (κ3) is 6.58. The zero-order chi connectivity index (χ0) is 29.2. The van der Waals surface area contributed by atoms with E-state index in [1.807, 2.05) is 24.3 Å². The molecule has 2 fully saturated rings. The van der Waals surface area contributed by atoms with Crippen LogP contribution in [0.2, 0.25) is 0 Å². The Balaban J connectivity index is 1.15. The minimum absolute atomic E-state index is 0.223. The fourth-order valence-electron chi connectivity index (χ4n) is 6.09. The van der Waals surface area contributed by atoms with Crippen LogP contribution >= 0.6 is 0 Å². The van der Waals surface area contributed by atoms with Crippen molar-refractivity contribution in [3.05, 3.63) is 107 Å². The Morgan fingerprint density at radius 1 is 0.651 bits per heavy atom. The summed E-state index contributed by atoms with van der Waals surface area (Å²) in [6.45, 7) is 3.93. The molecule has 0 N–H and O–H groups in total. The van der Waals surface area contributed by atoms with Crippen LogP contribution in [0.15, 0.2) is 72.8 Å². The predicted molar refractivity (Wildman–Crippen MR) is 163 cm³/mol. The van der Waals surface area contributed by atoms with Crippen molar-refractivity contribution in [1.82, 2.24) is 0 Å². The van der Waals surface area contributed by atoms with Crippen LogP contribution in [0.25, 0.3) is 33.4 Å². The van der Waals surface area contributed by atoms with Crippen LogP contribution in [-0.2, 0) is 38.2 Å². The monoisotopic (exact) mass is 582 g/mol. The molecule has 2 atom stereocenters. The van der Waals surface area contributed by atoms with Gasteiger partial charge in [-0.05, 0) is 99.9 Å². The molecule has 0 aromatic heterocycles. The first-order valence-electron chi connectivity index (χ1n) is 15.3.